The summed E-state index contributed by atoms with van der Waals surface area (Å²) in [5, 5.41) is 4.46. The molecule has 2 saturated heterocycles. The highest BCUT2D eigenvalue weighted by molar-refractivity contribution is 5.78. The summed E-state index contributed by atoms with van der Waals surface area (Å²) in [5.41, 5.74) is 2.06. The molecule has 2 aliphatic heterocycles. The van der Waals surface area contributed by atoms with E-state index in [2.05, 4.69) is 10.00 Å². The van der Waals surface area contributed by atoms with Crippen LogP contribution in [0.15, 0.2) is 6.07 Å². The highest BCUT2D eigenvalue weighted by Crippen LogP contribution is 2.19. The maximum atomic E-state index is 12.9. The number of nitrogens with zero attached hydrogens (tertiary/aromatic N) is 5. The Morgan fingerprint density at radius 1 is 1.16 bits per heavy atom. The summed E-state index contributed by atoms with van der Waals surface area (Å²) in [6.07, 6.45) is 5.85. The highest BCUT2D eigenvalue weighted by atomic mass is 16.5. The Morgan fingerprint density at radius 3 is 2.61 bits per heavy atom. The first-order valence-corrected chi connectivity index (χ1v) is 11.8. The van der Waals surface area contributed by atoms with Crippen molar-refractivity contribution in [3.8, 4) is 0 Å². The van der Waals surface area contributed by atoms with E-state index >= 15 is 0 Å². The van der Waals surface area contributed by atoms with Gasteiger partial charge in [-0.25, -0.2) is 0 Å². The Balaban J connectivity index is 1.54. The third-order valence-electron chi connectivity index (χ3n) is 6.49. The van der Waals surface area contributed by atoms with Crippen LogP contribution in [0.4, 0.5) is 0 Å². The fourth-order valence-corrected chi connectivity index (χ4v) is 4.88. The Morgan fingerprint density at radius 2 is 1.94 bits per heavy atom. The second kappa shape index (κ2) is 11.6. The molecule has 0 radical (unpaired) electrons. The summed E-state index contributed by atoms with van der Waals surface area (Å²) >= 11 is 0. The number of carbonyl (C=O) groups excluding carboxylic acids is 2. The Bertz CT molecular complexity index is 729. The summed E-state index contributed by atoms with van der Waals surface area (Å²) in [6, 6.07) is 2.11. The molecule has 0 saturated carbocycles. The van der Waals surface area contributed by atoms with Crippen LogP contribution in [0.5, 0.6) is 0 Å². The van der Waals surface area contributed by atoms with E-state index in [-0.39, 0.29) is 24.5 Å². The van der Waals surface area contributed by atoms with Crippen LogP contribution >= 0.6 is 0 Å². The van der Waals surface area contributed by atoms with Crippen molar-refractivity contribution in [3.63, 3.8) is 0 Å². The van der Waals surface area contributed by atoms with Crippen LogP contribution in [0.1, 0.15) is 49.9 Å². The first-order chi connectivity index (χ1) is 15.0. The van der Waals surface area contributed by atoms with Gasteiger partial charge in [-0.2, -0.15) is 5.10 Å². The predicted octanol–water partition coefficient (Wildman–Crippen LogP) is 1.84. The normalized spacial score (nSPS) is 19.7. The highest BCUT2D eigenvalue weighted by Gasteiger charge is 2.30. The Kier molecular flexibility index (Phi) is 8.90. The SMILES string of the molecule is COCC(=O)N(CCCN1CCCC1)C1CCCN(C(=O)CCn2nc(C)cc2C)C1. The second-order valence-electron chi connectivity index (χ2n) is 8.96. The molecule has 0 spiro atoms. The molecule has 3 heterocycles. The summed E-state index contributed by atoms with van der Waals surface area (Å²) in [5.74, 6) is 0.180. The number of likely N-dealkylation sites (tertiary alicyclic amines) is 2. The molecule has 8 heteroatoms. The van der Waals surface area contributed by atoms with Crippen molar-refractivity contribution in [2.45, 2.75) is 65.0 Å². The average molecular weight is 434 g/mol. The minimum atomic E-state index is 0.0332. The lowest BCUT2D eigenvalue weighted by Gasteiger charge is -2.39. The second-order valence-corrected chi connectivity index (χ2v) is 8.96. The van der Waals surface area contributed by atoms with E-state index in [0.29, 0.717) is 19.5 Å². The molecule has 1 aromatic heterocycles. The van der Waals surface area contributed by atoms with Crippen molar-refractivity contribution in [2.75, 3.05) is 53.0 Å². The molecule has 8 nitrogen and oxygen atoms in total. The molecule has 1 atom stereocenters. The molecule has 1 aromatic rings. The number of piperidine rings is 1. The van der Waals surface area contributed by atoms with Crippen molar-refractivity contribution < 1.29 is 14.3 Å². The van der Waals surface area contributed by atoms with Crippen LogP contribution < -0.4 is 0 Å². The Hall–Kier alpha value is -1.93. The van der Waals surface area contributed by atoms with Crippen LogP contribution in [-0.2, 0) is 20.9 Å². The van der Waals surface area contributed by atoms with E-state index in [1.807, 2.05) is 34.4 Å². The quantitative estimate of drug-likeness (QED) is 0.563. The summed E-state index contributed by atoms with van der Waals surface area (Å²) in [7, 11) is 1.57. The van der Waals surface area contributed by atoms with E-state index in [4.69, 9.17) is 4.74 Å². The van der Waals surface area contributed by atoms with Crippen LogP contribution in [0.2, 0.25) is 0 Å². The van der Waals surface area contributed by atoms with Crippen LogP contribution in [-0.4, -0.2) is 95.3 Å². The van der Waals surface area contributed by atoms with Crippen LogP contribution in [0.25, 0.3) is 0 Å². The maximum Gasteiger partial charge on any atom is 0.248 e. The number of hydrogen-bond acceptors (Lipinski definition) is 5. The van der Waals surface area contributed by atoms with Gasteiger partial charge in [-0.1, -0.05) is 0 Å². The van der Waals surface area contributed by atoms with Gasteiger partial charge in [0.05, 0.1) is 5.69 Å². The first kappa shape index (κ1) is 23.7. The number of methoxy groups -OCH3 is 1. The third kappa shape index (κ3) is 6.77. The molecule has 2 amide bonds. The van der Waals surface area contributed by atoms with Crippen molar-refractivity contribution >= 4 is 11.8 Å². The van der Waals surface area contributed by atoms with Gasteiger partial charge < -0.3 is 19.4 Å². The molecule has 0 aromatic carbocycles. The minimum absolute atomic E-state index is 0.0332. The van der Waals surface area contributed by atoms with E-state index in [1.54, 1.807) is 7.11 Å². The average Bonchev–Trinajstić information content (AvgIpc) is 3.38. The van der Waals surface area contributed by atoms with Gasteiger partial charge >= 0.3 is 0 Å². The summed E-state index contributed by atoms with van der Waals surface area (Å²) < 4.78 is 7.04. The fourth-order valence-electron chi connectivity index (χ4n) is 4.88. The Labute approximate surface area is 186 Å². The zero-order valence-electron chi connectivity index (χ0n) is 19.5. The number of aromatic nitrogens is 2. The van der Waals surface area contributed by atoms with Gasteiger partial charge in [0.25, 0.3) is 0 Å². The van der Waals surface area contributed by atoms with E-state index < -0.39 is 0 Å². The number of amides is 2. The lowest BCUT2D eigenvalue weighted by Crippen LogP contribution is -2.53. The zero-order valence-corrected chi connectivity index (χ0v) is 19.5. The van der Waals surface area contributed by atoms with Gasteiger partial charge in [-0.05, 0) is 71.7 Å². The number of rotatable bonds is 10. The van der Waals surface area contributed by atoms with Gasteiger partial charge in [-0.15, -0.1) is 0 Å². The van der Waals surface area contributed by atoms with E-state index in [9.17, 15) is 9.59 Å². The molecule has 0 N–H and O–H groups in total. The fraction of sp³-hybridized carbons (Fsp3) is 0.783. The van der Waals surface area contributed by atoms with Gasteiger partial charge in [0.2, 0.25) is 11.8 Å². The van der Waals surface area contributed by atoms with Crippen LogP contribution in [0.3, 0.4) is 0 Å². The molecule has 0 aliphatic carbocycles. The molecule has 1 unspecified atom stereocenters. The van der Waals surface area contributed by atoms with Crippen LogP contribution in [0, 0.1) is 13.8 Å². The van der Waals surface area contributed by atoms with Gasteiger partial charge in [0.15, 0.2) is 0 Å². The zero-order chi connectivity index (χ0) is 22.2. The molecule has 174 valence electrons. The monoisotopic (exact) mass is 433 g/mol. The molecule has 2 fully saturated rings. The number of carbonyl (C=O) groups is 2. The lowest BCUT2D eigenvalue weighted by molar-refractivity contribution is -0.142. The topological polar surface area (TPSA) is 70.9 Å². The van der Waals surface area contributed by atoms with Gasteiger partial charge in [0.1, 0.15) is 6.61 Å². The van der Waals surface area contributed by atoms with Gasteiger partial charge in [-0.3, -0.25) is 14.3 Å². The molecular weight excluding hydrogens is 394 g/mol. The molecule has 31 heavy (non-hydrogen) atoms. The van der Waals surface area contributed by atoms with Gasteiger partial charge in [0, 0.05) is 51.4 Å². The lowest BCUT2D eigenvalue weighted by atomic mass is 10.0. The number of aryl methyl sites for hydroxylation is 3. The smallest absolute Gasteiger partial charge is 0.248 e. The van der Waals surface area contributed by atoms with Crippen molar-refractivity contribution in [3.05, 3.63) is 17.5 Å². The van der Waals surface area contributed by atoms with E-state index in [0.717, 1.165) is 50.3 Å². The number of ether oxygens (including phenoxy) is 1. The third-order valence-corrected chi connectivity index (χ3v) is 6.49. The summed E-state index contributed by atoms with van der Waals surface area (Å²) in [6.45, 7) is 10.2. The summed E-state index contributed by atoms with van der Waals surface area (Å²) in [4.78, 5) is 32.1. The largest absolute Gasteiger partial charge is 0.375 e. The molecule has 0 bridgehead atoms. The molecule has 3 rings (SSSR count). The predicted molar refractivity (Wildman–Crippen MR) is 120 cm³/mol. The van der Waals surface area contributed by atoms with E-state index in [1.165, 1.54) is 25.9 Å². The molecular formula is C23H39N5O3. The first-order valence-electron chi connectivity index (χ1n) is 11.8. The minimum Gasteiger partial charge on any atom is -0.375 e. The van der Waals surface area contributed by atoms with Crippen molar-refractivity contribution in [1.29, 1.82) is 0 Å². The maximum absolute atomic E-state index is 12.9. The molecule has 2 aliphatic rings. The number of hydrogen-bond donors (Lipinski definition) is 0. The standard InChI is InChI=1S/C23H39N5O3/c1-19-16-20(2)28(24-19)15-9-22(29)26-13-6-8-21(17-26)27(23(30)18-31-3)14-7-12-25-10-4-5-11-25/h16,21H,4-15,17-18H2,1-3H3. The van der Waals surface area contributed by atoms with Crippen molar-refractivity contribution in [1.82, 2.24) is 24.5 Å². The van der Waals surface area contributed by atoms with Crippen molar-refractivity contribution in [2.24, 2.45) is 0 Å².